The first-order valence-corrected chi connectivity index (χ1v) is 9.78. The Labute approximate surface area is 148 Å². The van der Waals surface area contributed by atoms with Crippen LogP contribution in [0.2, 0.25) is 0 Å². The zero-order valence-electron chi connectivity index (χ0n) is 12.3. The van der Waals surface area contributed by atoms with Gasteiger partial charge in [-0.3, -0.25) is 9.52 Å². The number of H-pyrrole nitrogens is 1. The third-order valence-corrected chi connectivity index (χ3v) is 5.77. The smallest absolute Gasteiger partial charge is 0.270 e. The average molecular weight is 445 g/mol. The highest BCUT2D eigenvalue weighted by molar-refractivity contribution is 14.1. The number of carbonyl (C=O) groups is 1. The minimum absolute atomic E-state index is 0.0543. The number of anilines is 1. The van der Waals surface area contributed by atoms with Crippen LogP contribution in [0, 0.1) is 3.57 Å². The van der Waals surface area contributed by atoms with Crippen LogP contribution in [0.5, 0.6) is 0 Å². The first kappa shape index (κ1) is 16.3. The van der Waals surface area contributed by atoms with Crippen LogP contribution in [0.25, 0.3) is 0 Å². The number of aromatic nitrogens is 1. The van der Waals surface area contributed by atoms with E-state index in [1.165, 1.54) is 12.3 Å². The summed E-state index contributed by atoms with van der Waals surface area (Å²) >= 11 is 2.15. The van der Waals surface area contributed by atoms with Gasteiger partial charge in [-0.15, -0.1) is 0 Å². The summed E-state index contributed by atoms with van der Waals surface area (Å²) in [5, 5.41) is 0. The Morgan fingerprint density at radius 3 is 2.48 bits per heavy atom. The third kappa shape index (κ3) is 3.69. The molecule has 6 nitrogen and oxygen atoms in total. The molecule has 23 heavy (non-hydrogen) atoms. The van der Waals surface area contributed by atoms with Crippen molar-refractivity contribution in [2.45, 2.75) is 17.7 Å². The highest BCUT2D eigenvalue weighted by atomic mass is 127. The number of halogens is 1. The Morgan fingerprint density at radius 1 is 1.17 bits per heavy atom. The van der Waals surface area contributed by atoms with Crippen molar-refractivity contribution in [1.82, 2.24) is 9.88 Å². The van der Waals surface area contributed by atoms with Crippen LogP contribution in [-0.2, 0) is 10.0 Å². The van der Waals surface area contributed by atoms with Gasteiger partial charge in [0.15, 0.2) is 0 Å². The molecule has 1 fully saturated rings. The lowest BCUT2D eigenvalue weighted by Crippen LogP contribution is -2.27. The molecule has 1 aromatic carbocycles. The van der Waals surface area contributed by atoms with Crippen molar-refractivity contribution in [3.05, 3.63) is 45.8 Å². The first-order chi connectivity index (χ1) is 11.0. The monoisotopic (exact) mass is 445 g/mol. The SMILES string of the molecule is O=C(c1cc(S(=O)(=O)Nc2ccc(I)cc2)c[nH]1)N1CCCC1. The van der Waals surface area contributed by atoms with Gasteiger partial charge in [-0.1, -0.05) is 0 Å². The van der Waals surface area contributed by atoms with Crippen LogP contribution in [0.15, 0.2) is 41.4 Å². The fraction of sp³-hybridized carbons (Fsp3) is 0.267. The van der Waals surface area contributed by atoms with Crippen LogP contribution >= 0.6 is 22.6 Å². The van der Waals surface area contributed by atoms with Gasteiger partial charge in [-0.25, -0.2) is 8.42 Å². The largest absolute Gasteiger partial charge is 0.356 e. The summed E-state index contributed by atoms with van der Waals surface area (Å²) in [4.78, 5) is 16.8. The highest BCUT2D eigenvalue weighted by Gasteiger charge is 2.23. The fourth-order valence-electron chi connectivity index (χ4n) is 2.48. The standard InChI is InChI=1S/C15H16IN3O3S/c16-11-3-5-12(6-4-11)18-23(21,22)13-9-14(17-10-13)15(20)19-7-1-2-8-19/h3-6,9-10,17-18H,1-2,7-8H2. The molecule has 0 spiro atoms. The number of aromatic amines is 1. The van der Waals surface area contributed by atoms with Crippen molar-refractivity contribution in [3.63, 3.8) is 0 Å². The molecule has 2 aromatic rings. The van der Waals surface area contributed by atoms with Gasteiger partial charge >= 0.3 is 0 Å². The summed E-state index contributed by atoms with van der Waals surface area (Å²) in [5.41, 5.74) is 0.786. The minimum Gasteiger partial charge on any atom is -0.356 e. The minimum atomic E-state index is -3.72. The molecule has 0 aliphatic carbocycles. The zero-order valence-corrected chi connectivity index (χ0v) is 15.2. The summed E-state index contributed by atoms with van der Waals surface area (Å²) in [6.45, 7) is 1.45. The van der Waals surface area contributed by atoms with Gasteiger partial charge in [0, 0.05) is 28.5 Å². The second-order valence-corrected chi connectivity index (χ2v) is 8.29. The Balaban J connectivity index is 1.78. The molecule has 0 atom stereocenters. The van der Waals surface area contributed by atoms with Gasteiger partial charge < -0.3 is 9.88 Å². The number of amides is 1. The number of rotatable bonds is 4. The van der Waals surface area contributed by atoms with Crippen molar-refractivity contribution in [3.8, 4) is 0 Å². The van der Waals surface area contributed by atoms with Crippen molar-refractivity contribution < 1.29 is 13.2 Å². The van der Waals surface area contributed by atoms with Crippen LogP contribution in [0.3, 0.4) is 0 Å². The Kier molecular flexibility index (Phi) is 4.62. The maximum atomic E-state index is 12.4. The van der Waals surface area contributed by atoms with Gasteiger partial charge in [0.25, 0.3) is 15.9 Å². The number of likely N-dealkylation sites (tertiary alicyclic amines) is 1. The number of nitrogens with one attached hydrogen (secondary N) is 2. The molecule has 0 radical (unpaired) electrons. The molecule has 122 valence electrons. The predicted molar refractivity (Wildman–Crippen MR) is 95.9 cm³/mol. The van der Waals surface area contributed by atoms with Crippen molar-refractivity contribution in [1.29, 1.82) is 0 Å². The van der Waals surface area contributed by atoms with E-state index >= 15 is 0 Å². The summed E-state index contributed by atoms with van der Waals surface area (Å²) < 4.78 is 28.3. The van der Waals surface area contributed by atoms with Crippen molar-refractivity contribution in [2.24, 2.45) is 0 Å². The number of benzene rings is 1. The molecule has 3 rings (SSSR count). The summed E-state index contributed by atoms with van der Waals surface area (Å²) in [6.07, 6.45) is 3.33. The number of hydrogen-bond acceptors (Lipinski definition) is 3. The molecule has 1 saturated heterocycles. The molecular formula is C15H16IN3O3S. The molecule has 0 unspecified atom stereocenters. The van der Waals surface area contributed by atoms with E-state index in [1.807, 2.05) is 12.1 Å². The van der Waals surface area contributed by atoms with Gasteiger partial charge in [-0.05, 0) is 65.8 Å². The maximum Gasteiger partial charge on any atom is 0.270 e. The van der Waals surface area contributed by atoms with Crippen molar-refractivity contribution >= 4 is 44.2 Å². The van der Waals surface area contributed by atoms with Crippen LogP contribution in [-0.4, -0.2) is 37.3 Å². The molecule has 2 N–H and O–H groups in total. The predicted octanol–water partition coefficient (Wildman–Crippen LogP) is 2.66. The summed E-state index contributed by atoms with van der Waals surface area (Å²) in [7, 11) is -3.72. The lowest BCUT2D eigenvalue weighted by Gasteiger charge is -2.13. The lowest BCUT2D eigenvalue weighted by atomic mass is 10.3. The number of nitrogens with zero attached hydrogens (tertiary/aromatic N) is 1. The van der Waals surface area contributed by atoms with E-state index in [0.717, 1.165) is 29.5 Å². The second kappa shape index (κ2) is 6.52. The van der Waals surface area contributed by atoms with E-state index in [9.17, 15) is 13.2 Å². The fourth-order valence-corrected chi connectivity index (χ4v) is 3.89. The van der Waals surface area contributed by atoms with Crippen LogP contribution in [0.1, 0.15) is 23.3 Å². The van der Waals surface area contributed by atoms with E-state index in [-0.39, 0.29) is 10.8 Å². The normalized spacial score (nSPS) is 14.9. The van der Waals surface area contributed by atoms with Gasteiger partial charge in [-0.2, -0.15) is 0 Å². The quantitative estimate of drug-likeness (QED) is 0.711. The van der Waals surface area contributed by atoms with Crippen LogP contribution in [0.4, 0.5) is 5.69 Å². The first-order valence-electron chi connectivity index (χ1n) is 7.22. The average Bonchev–Trinajstić information content (AvgIpc) is 3.20. The molecule has 0 bridgehead atoms. The zero-order chi connectivity index (χ0) is 16.4. The van der Waals surface area contributed by atoms with Gasteiger partial charge in [0.2, 0.25) is 0 Å². The lowest BCUT2D eigenvalue weighted by molar-refractivity contribution is 0.0787. The molecular weight excluding hydrogens is 429 g/mol. The van der Waals surface area contributed by atoms with Crippen molar-refractivity contribution in [2.75, 3.05) is 17.8 Å². The van der Waals surface area contributed by atoms with E-state index in [0.29, 0.717) is 11.4 Å². The molecule has 8 heteroatoms. The number of hydrogen-bond donors (Lipinski definition) is 2. The third-order valence-electron chi connectivity index (χ3n) is 3.69. The Bertz CT molecular complexity index is 809. The number of sulfonamides is 1. The van der Waals surface area contributed by atoms with E-state index in [4.69, 9.17) is 0 Å². The van der Waals surface area contributed by atoms with Gasteiger partial charge in [0.05, 0.1) is 0 Å². The van der Waals surface area contributed by atoms with Crippen LogP contribution < -0.4 is 4.72 Å². The maximum absolute atomic E-state index is 12.4. The van der Waals surface area contributed by atoms with Gasteiger partial charge in [0.1, 0.15) is 10.6 Å². The molecule has 1 aliphatic rings. The molecule has 1 aliphatic heterocycles. The molecule has 1 amide bonds. The number of carbonyl (C=O) groups excluding carboxylic acids is 1. The van der Waals surface area contributed by atoms with E-state index in [2.05, 4.69) is 32.3 Å². The summed E-state index contributed by atoms with van der Waals surface area (Å²) in [6, 6.07) is 8.41. The Hall–Kier alpha value is -1.55. The van der Waals surface area contributed by atoms with E-state index in [1.54, 1.807) is 17.0 Å². The topological polar surface area (TPSA) is 82.3 Å². The molecule has 1 aromatic heterocycles. The Morgan fingerprint density at radius 2 is 1.83 bits per heavy atom. The second-order valence-electron chi connectivity index (χ2n) is 5.36. The molecule has 2 heterocycles. The summed E-state index contributed by atoms with van der Waals surface area (Å²) in [5.74, 6) is -0.154. The highest BCUT2D eigenvalue weighted by Crippen LogP contribution is 2.19. The molecule has 0 saturated carbocycles. The van der Waals surface area contributed by atoms with E-state index < -0.39 is 10.0 Å².